The molecule has 2 N–H and O–H groups in total. The highest BCUT2D eigenvalue weighted by Crippen LogP contribution is 2.44. The van der Waals surface area contributed by atoms with Crippen molar-refractivity contribution in [3.8, 4) is 33.4 Å². The molecule has 1 aliphatic rings. The average Bonchev–Trinajstić information content (AvgIpc) is 3.25. The first-order valence-corrected chi connectivity index (χ1v) is 18.5. The minimum Gasteiger partial charge on any atom is -0.299 e. The number of para-hydroxylation sites is 1. The van der Waals surface area contributed by atoms with Gasteiger partial charge in [0.1, 0.15) is 5.71 Å². The summed E-state index contributed by atoms with van der Waals surface area (Å²) < 4.78 is 0. The van der Waals surface area contributed by atoms with E-state index in [-0.39, 0.29) is 0 Å². The Morgan fingerprint density at radius 1 is 0.473 bits per heavy atom. The highest BCUT2D eigenvalue weighted by molar-refractivity contribution is 6.51. The lowest BCUT2D eigenvalue weighted by molar-refractivity contribution is 1.35. The van der Waals surface area contributed by atoms with Crippen molar-refractivity contribution >= 4 is 65.9 Å². The molecule has 0 amide bonds. The number of allylic oxidation sites excluding steroid dienone is 4. The monoisotopic (exact) mass is 702 g/mol. The van der Waals surface area contributed by atoms with E-state index in [1.54, 1.807) is 0 Å². The van der Waals surface area contributed by atoms with Crippen LogP contribution < -0.4 is 5.43 Å². The number of benzene rings is 8. The predicted octanol–water partition coefficient (Wildman–Crippen LogP) is 13.1. The smallest absolute Gasteiger partial charge is 0.109 e. The largest absolute Gasteiger partial charge is 0.299 e. The molecule has 0 atom stereocenters. The van der Waals surface area contributed by atoms with Gasteiger partial charge in [0.05, 0.1) is 16.9 Å². The van der Waals surface area contributed by atoms with E-state index in [1.165, 1.54) is 43.8 Å². The number of pyridine rings is 1. The van der Waals surface area contributed by atoms with Crippen LogP contribution in [0.1, 0.15) is 5.56 Å². The van der Waals surface area contributed by atoms with Crippen LogP contribution >= 0.6 is 0 Å². The quantitative estimate of drug-likeness (QED) is 0.103. The van der Waals surface area contributed by atoms with Gasteiger partial charge in [0, 0.05) is 22.5 Å². The lowest BCUT2D eigenvalue weighted by Crippen LogP contribution is -2.13. The van der Waals surface area contributed by atoms with Crippen molar-refractivity contribution in [1.82, 2.24) is 4.98 Å². The van der Waals surface area contributed by atoms with Gasteiger partial charge in [-0.1, -0.05) is 152 Å². The molecule has 0 saturated carbocycles. The van der Waals surface area contributed by atoms with Crippen LogP contribution in [-0.2, 0) is 0 Å². The first kappa shape index (κ1) is 32.2. The average molecular weight is 703 g/mol. The van der Waals surface area contributed by atoms with Gasteiger partial charge in [-0.25, -0.2) is 0 Å². The Balaban J connectivity index is 1.07. The van der Waals surface area contributed by atoms with E-state index >= 15 is 0 Å². The van der Waals surface area contributed by atoms with Gasteiger partial charge in [0.25, 0.3) is 0 Å². The van der Waals surface area contributed by atoms with E-state index in [2.05, 4.69) is 151 Å². The Hall–Kier alpha value is -7.43. The van der Waals surface area contributed by atoms with Crippen LogP contribution in [0.5, 0.6) is 0 Å². The lowest BCUT2D eigenvalue weighted by atomic mass is 9.84. The standard InChI is InChI=1S/C51H34N4/c52-46-27-24-36(31-49(46)55-54-48-28-26-39(40-18-8-9-19-41(40)48)38-29-37-17-7-12-22-47(37)53-32-38)35-23-25-44-45(30-35)51(34-15-5-2-6-16-34)43-21-11-10-20-42(43)50(44)33-13-3-1-4-14-33/h1-32,52,54H/b52-46?,55-49-. The van der Waals surface area contributed by atoms with Crippen LogP contribution in [0.3, 0.4) is 0 Å². The third-order valence-electron chi connectivity index (χ3n) is 10.6. The van der Waals surface area contributed by atoms with E-state index in [9.17, 15) is 0 Å². The zero-order chi connectivity index (χ0) is 36.7. The lowest BCUT2D eigenvalue weighted by Gasteiger charge is -2.19. The number of hydrazone groups is 1. The number of hydrogen-bond donors (Lipinski definition) is 2. The Bertz CT molecular complexity index is 3070. The highest BCUT2D eigenvalue weighted by atomic mass is 15.3. The van der Waals surface area contributed by atoms with Crippen molar-refractivity contribution in [3.05, 3.63) is 200 Å². The Kier molecular flexibility index (Phi) is 7.93. The number of nitrogens with zero attached hydrogens (tertiary/aromatic N) is 2. The minimum atomic E-state index is 0.350. The summed E-state index contributed by atoms with van der Waals surface area (Å²) in [6.07, 6.45) is 7.81. The molecule has 10 rings (SSSR count). The summed E-state index contributed by atoms with van der Waals surface area (Å²) in [6.45, 7) is 0. The van der Waals surface area contributed by atoms with Gasteiger partial charge >= 0.3 is 0 Å². The van der Waals surface area contributed by atoms with Crippen molar-refractivity contribution in [2.24, 2.45) is 5.10 Å². The second-order valence-electron chi connectivity index (χ2n) is 13.9. The van der Waals surface area contributed by atoms with Crippen LogP contribution in [0.25, 0.3) is 82.2 Å². The van der Waals surface area contributed by atoms with E-state index in [4.69, 9.17) is 15.5 Å². The topological polar surface area (TPSA) is 61.1 Å². The van der Waals surface area contributed by atoms with Crippen LogP contribution in [0.4, 0.5) is 5.69 Å². The molecule has 0 radical (unpaired) electrons. The third kappa shape index (κ3) is 5.77. The van der Waals surface area contributed by atoms with Crippen LogP contribution in [-0.4, -0.2) is 16.4 Å². The Morgan fingerprint density at radius 3 is 1.84 bits per heavy atom. The molecule has 1 heterocycles. The number of fused-ring (bicyclic) bond motifs is 4. The normalized spacial score (nSPS) is 13.6. The maximum Gasteiger partial charge on any atom is 0.109 e. The Morgan fingerprint density at radius 2 is 1.09 bits per heavy atom. The van der Waals surface area contributed by atoms with E-state index in [1.807, 2.05) is 48.7 Å². The summed E-state index contributed by atoms with van der Waals surface area (Å²) in [7, 11) is 0. The SMILES string of the molecule is N=C1C=CC(c2ccc3c(-c4ccccc4)c4ccccc4c(-c4ccccc4)c3c2)=C/C1=N/Nc1ccc(-c2cnc3ccccc3c2)c2ccccc12. The van der Waals surface area contributed by atoms with E-state index in [0.717, 1.165) is 49.6 Å². The molecule has 1 aliphatic carbocycles. The molecular formula is C51H34N4. The molecule has 0 saturated heterocycles. The first-order chi connectivity index (χ1) is 27.2. The number of aromatic nitrogens is 1. The molecule has 4 heteroatoms. The molecule has 8 aromatic carbocycles. The second kappa shape index (κ2) is 13.5. The van der Waals surface area contributed by atoms with Crippen LogP contribution in [0, 0.1) is 5.41 Å². The summed E-state index contributed by atoms with van der Waals surface area (Å²) in [6, 6.07) is 59.8. The summed E-state index contributed by atoms with van der Waals surface area (Å²) >= 11 is 0. The fourth-order valence-electron chi connectivity index (χ4n) is 7.98. The molecule has 0 aliphatic heterocycles. The molecule has 0 spiro atoms. The summed E-state index contributed by atoms with van der Waals surface area (Å²) in [4.78, 5) is 4.72. The van der Waals surface area contributed by atoms with E-state index in [0.29, 0.717) is 11.4 Å². The molecule has 0 bridgehead atoms. The molecule has 55 heavy (non-hydrogen) atoms. The molecule has 4 nitrogen and oxygen atoms in total. The number of rotatable bonds is 6. The Labute approximate surface area is 319 Å². The molecule has 258 valence electrons. The number of nitrogens with one attached hydrogen (secondary N) is 2. The summed E-state index contributed by atoms with van der Waals surface area (Å²) in [5, 5.41) is 21.7. The molecule has 0 fully saturated rings. The highest BCUT2D eigenvalue weighted by Gasteiger charge is 2.19. The minimum absolute atomic E-state index is 0.350. The van der Waals surface area contributed by atoms with Crippen LogP contribution in [0.15, 0.2) is 199 Å². The van der Waals surface area contributed by atoms with Crippen molar-refractivity contribution in [1.29, 1.82) is 5.41 Å². The van der Waals surface area contributed by atoms with Gasteiger partial charge in [-0.15, -0.1) is 0 Å². The van der Waals surface area contributed by atoms with E-state index < -0.39 is 0 Å². The maximum atomic E-state index is 8.82. The van der Waals surface area contributed by atoms with Gasteiger partial charge in [-0.3, -0.25) is 15.8 Å². The van der Waals surface area contributed by atoms with Crippen molar-refractivity contribution in [2.75, 3.05) is 5.43 Å². The third-order valence-corrected chi connectivity index (χ3v) is 10.6. The summed E-state index contributed by atoms with van der Waals surface area (Å²) in [5.41, 5.74) is 15.1. The zero-order valence-electron chi connectivity index (χ0n) is 29.9. The maximum absolute atomic E-state index is 8.82. The first-order valence-electron chi connectivity index (χ1n) is 18.5. The zero-order valence-corrected chi connectivity index (χ0v) is 29.9. The molecule has 0 unspecified atom stereocenters. The summed E-state index contributed by atoms with van der Waals surface area (Å²) in [5.74, 6) is 0. The van der Waals surface area contributed by atoms with Gasteiger partial charge in [-0.05, 0) is 102 Å². The van der Waals surface area contributed by atoms with Gasteiger partial charge in [0.2, 0.25) is 0 Å². The van der Waals surface area contributed by atoms with Crippen molar-refractivity contribution < 1.29 is 0 Å². The number of hydrogen-bond acceptors (Lipinski definition) is 4. The molecule has 1 aromatic heterocycles. The van der Waals surface area contributed by atoms with Crippen molar-refractivity contribution in [2.45, 2.75) is 0 Å². The fraction of sp³-hybridized carbons (Fsp3) is 0. The van der Waals surface area contributed by atoms with Gasteiger partial charge < -0.3 is 0 Å². The van der Waals surface area contributed by atoms with Crippen LogP contribution in [0.2, 0.25) is 0 Å². The molecule has 9 aromatic rings. The second-order valence-corrected chi connectivity index (χ2v) is 13.9. The molecular weight excluding hydrogens is 669 g/mol. The fourth-order valence-corrected chi connectivity index (χ4v) is 7.98. The van der Waals surface area contributed by atoms with Crippen molar-refractivity contribution in [3.63, 3.8) is 0 Å². The number of anilines is 1. The predicted molar refractivity (Wildman–Crippen MR) is 233 cm³/mol. The van der Waals surface area contributed by atoms with Gasteiger partial charge in [-0.2, -0.15) is 5.10 Å². The van der Waals surface area contributed by atoms with Gasteiger partial charge in [0.15, 0.2) is 0 Å².